The third-order valence-corrected chi connectivity index (χ3v) is 14.0. The number of hydrogen-bond acceptors (Lipinski definition) is 33. The average molecular weight is 1090 g/mol. The Morgan fingerprint density at radius 2 is 0.635 bits per heavy atom. The normalized spacial score (nSPS) is 50.4. The number of carbonyl (C=O) groups excluding carboxylic acids is 2. The van der Waals surface area contributed by atoms with Gasteiger partial charge in [0, 0.05) is 12.8 Å². The Labute approximate surface area is 420 Å². The molecule has 0 saturated carbocycles. The van der Waals surface area contributed by atoms with E-state index in [1.165, 1.54) is 0 Å². The lowest BCUT2D eigenvalue weighted by Gasteiger charge is -2.50. The number of ether oxygens (including phenoxy) is 10. The molecule has 0 aromatic rings. The summed E-state index contributed by atoms with van der Waals surface area (Å²) in [6.07, 6.45) is -35.9. The molecule has 0 aliphatic carbocycles. The van der Waals surface area contributed by atoms with Crippen molar-refractivity contribution in [1.82, 2.24) is 4.90 Å². The molecule has 0 radical (unpaired) electrons. The summed E-state index contributed by atoms with van der Waals surface area (Å²) in [5.41, 5.74) is 29.3. The first-order valence-corrected chi connectivity index (χ1v) is 23.6. The highest BCUT2D eigenvalue weighted by molar-refractivity contribution is 6.02. The van der Waals surface area contributed by atoms with Gasteiger partial charge in [-0.2, -0.15) is 0 Å². The fourth-order valence-corrected chi connectivity index (χ4v) is 9.52. The lowest BCUT2D eigenvalue weighted by Crippen LogP contribution is -2.70. The van der Waals surface area contributed by atoms with Gasteiger partial charge in [0.15, 0.2) is 37.7 Å². The van der Waals surface area contributed by atoms with Crippen LogP contribution < -0.4 is 28.7 Å². The minimum atomic E-state index is -1.84. The predicted molar refractivity (Wildman–Crippen MR) is 231 cm³/mol. The first-order chi connectivity index (χ1) is 35.0. The highest BCUT2D eigenvalue weighted by atomic mass is 16.8. The summed E-state index contributed by atoms with van der Waals surface area (Å²) in [6.45, 7) is -4.29. The Hall–Kier alpha value is -2.10. The standard InChI is InChI=1S/C22H37N3O15.C18H35N3O13/c23-11-16(33)18(7(4-27)36-20(11)35)40-22-13(25-9(29)1-2-10(25)30)17(34)19(8(5-28)38-22)39-21-12(24)15(32)14(31)6(3-26)37-21;19-7-12(27)14(5(2-23)30-16(7)29)33-18-9(21)13(28)15(6(3-24)32-18)34-17-8(20)11(26)10(25)4(1-22)31-17/h6-8,11-22,26-28,31-35H,1-5,23-24H2;4-18,22-29H,1-3,19-21H2/t6-,7-,8-,11-,12-,13-,14-,15-,16-,17-,18?,19?,20-,21+,22+;4-,5-,6-,7-,8-,9-,10-,11-,12-,13-,14?,15?,16-,17+,18+/m11/s1. The Kier molecular flexibility index (Phi) is 21.7. The number of likely N-dealkylation sites (tertiary alicyclic amines) is 1. The highest BCUT2D eigenvalue weighted by Crippen LogP contribution is 2.36. The second-order valence-corrected chi connectivity index (χ2v) is 18.8. The van der Waals surface area contributed by atoms with Gasteiger partial charge in [0.25, 0.3) is 0 Å². The number of amides is 2. The van der Waals surface area contributed by atoms with Crippen LogP contribution in [-0.2, 0) is 57.0 Å². The van der Waals surface area contributed by atoms with E-state index >= 15 is 0 Å². The topological polar surface area (TPSA) is 583 Å². The second kappa shape index (κ2) is 26.2. The molecule has 74 heavy (non-hydrogen) atoms. The van der Waals surface area contributed by atoms with E-state index in [-0.39, 0.29) is 12.8 Å². The molecule has 7 rings (SSSR count). The van der Waals surface area contributed by atoms with Crippen LogP contribution in [0, 0.1) is 0 Å². The molecular weight excluding hydrogens is 1010 g/mol. The molecule has 0 bridgehead atoms. The van der Waals surface area contributed by atoms with Crippen LogP contribution in [0.1, 0.15) is 12.8 Å². The van der Waals surface area contributed by atoms with Crippen molar-refractivity contribution in [2.24, 2.45) is 28.7 Å². The fourth-order valence-electron chi connectivity index (χ4n) is 9.52. The number of aliphatic hydroxyl groups excluding tert-OH is 16. The SMILES string of the molecule is N[C@H]1[C@H](OC2[C@@H](CO)O[C@@H](OC3[C@@H](CO)O[C@@H](O)[C@H](N)[C@H]3O)[C@H](N)[C@H]2O)O[C@H](CO)[C@@H](O)[C@@H]1O.N[C@H]1[C@H](OC2[C@@H](CO)O[C@@H](OC3[C@@H](CO)O[C@@H](O)[C@H](N)[C@H]3O)[C@H](N3C(=O)CCC3=O)[C@H]2O)O[C@H](CO)[C@@H](O)[C@@H]1O. The summed E-state index contributed by atoms with van der Waals surface area (Å²) >= 11 is 0. The summed E-state index contributed by atoms with van der Waals surface area (Å²) < 4.78 is 55.5. The van der Waals surface area contributed by atoms with E-state index in [0.717, 1.165) is 0 Å². The number of nitrogens with two attached hydrogens (primary N) is 5. The van der Waals surface area contributed by atoms with Gasteiger partial charge in [0.05, 0.1) is 69.9 Å². The van der Waals surface area contributed by atoms with Crippen molar-refractivity contribution in [2.75, 3.05) is 39.6 Å². The van der Waals surface area contributed by atoms with Crippen LogP contribution in [0.3, 0.4) is 0 Å². The van der Waals surface area contributed by atoms with Gasteiger partial charge in [-0.3, -0.25) is 14.5 Å². The average Bonchev–Trinajstić information content (AvgIpc) is 3.72. The number of carbonyl (C=O) groups is 2. The molecule has 2 amide bonds. The van der Waals surface area contributed by atoms with Crippen LogP contribution >= 0.6 is 0 Å². The van der Waals surface area contributed by atoms with Gasteiger partial charge in [0.1, 0.15) is 116 Å². The molecule has 0 aromatic heterocycles. The zero-order chi connectivity index (χ0) is 54.8. The summed E-state index contributed by atoms with van der Waals surface area (Å²) in [4.78, 5) is 26.1. The van der Waals surface area contributed by atoms with Gasteiger partial charge in [-0.05, 0) is 0 Å². The Bertz CT molecular complexity index is 1770. The van der Waals surface area contributed by atoms with Gasteiger partial charge in [-0.1, -0.05) is 0 Å². The van der Waals surface area contributed by atoms with E-state index in [2.05, 4.69) is 0 Å². The minimum absolute atomic E-state index is 0.186. The Morgan fingerprint density at radius 1 is 0.365 bits per heavy atom. The first-order valence-electron chi connectivity index (χ1n) is 23.6. The van der Waals surface area contributed by atoms with Crippen LogP contribution in [0.2, 0.25) is 0 Å². The van der Waals surface area contributed by atoms with Gasteiger partial charge >= 0.3 is 0 Å². The van der Waals surface area contributed by atoms with E-state index in [4.69, 9.17) is 76.0 Å². The van der Waals surface area contributed by atoms with Gasteiger partial charge < -0.3 is 158 Å². The molecule has 34 nitrogen and oxygen atoms in total. The lowest BCUT2D eigenvalue weighted by molar-refractivity contribution is -0.355. The van der Waals surface area contributed by atoms with Crippen LogP contribution in [0.25, 0.3) is 0 Å². The number of imide groups is 1. The molecule has 4 unspecified atom stereocenters. The molecule has 430 valence electrons. The summed E-state index contributed by atoms with van der Waals surface area (Å²) in [5.74, 6) is -1.38. The number of nitrogens with zero attached hydrogens (tertiary/aromatic N) is 1. The highest BCUT2D eigenvalue weighted by Gasteiger charge is 2.58. The van der Waals surface area contributed by atoms with Crippen LogP contribution in [0.4, 0.5) is 0 Å². The molecule has 7 aliphatic heterocycles. The first kappa shape index (κ1) is 61.1. The third kappa shape index (κ3) is 12.5. The molecule has 0 spiro atoms. The molecule has 0 aromatic carbocycles. The molecular formula is C40H72N6O28. The number of rotatable bonds is 15. The van der Waals surface area contributed by atoms with Crippen LogP contribution in [0.15, 0.2) is 0 Å². The third-order valence-electron chi connectivity index (χ3n) is 14.0. The molecule has 7 aliphatic rings. The van der Waals surface area contributed by atoms with Gasteiger partial charge in [-0.15, -0.1) is 0 Å². The monoisotopic (exact) mass is 1080 g/mol. The number of aliphatic hydroxyl groups is 16. The zero-order valence-electron chi connectivity index (χ0n) is 39.4. The van der Waals surface area contributed by atoms with E-state index in [1.54, 1.807) is 0 Å². The maximum atomic E-state index is 12.7. The van der Waals surface area contributed by atoms with Crippen LogP contribution in [0.5, 0.6) is 0 Å². The Morgan fingerprint density at radius 3 is 0.986 bits per heavy atom. The molecule has 30 atom stereocenters. The largest absolute Gasteiger partial charge is 0.394 e. The van der Waals surface area contributed by atoms with E-state index in [9.17, 15) is 91.3 Å². The van der Waals surface area contributed by atoms with Crippen molar-refractivity contribution in [3.63, 3.8) is 0 Å². The maximum absolute atomic E-state index is 12.7. The summed E-state index contributed by atoms with van der Waals surface area (Å²) in [6, 6.07) is -8.28. The maximum Gasteiger partial charge on any atom is 0.230 e. The van der Waals surface area contributed by atoms with Crippen molar-refractivity contribution in [1.29, 1.82) is 0 Å². The van der Waals surface area contributed by atoms with Gasteiger partial charge in [-0.25, -0.2) is 0 Å². The lowest BCUT2D eigenvalue weighted by atomic mass is 9.93. The van der Waals surface area contributed by atoms with Crippen molar-refractivity contribution in [3.8, 4) is 0 Å². The van der Waals surface area contributed by atoms with Crippen molar-refractivity contribution >= 4 is 11.8 Å². The Balaban J connectivity index is 0.000000244. The molecule has 26 N–H and O–H groups in total. The molecule has 34 heteroatoms. The van der Waals surface area contributed by atoms with E-state index in [0.29, 0.717) is 4.90 Å². The predicted octanol–water partition coefficient (Wildman–Crippen LogP) is -15.2. The van der Waals surface area contributed by atoms with Crippen molar-refractivity contribution in [2.45, 2.75) is 197 Å². The van der Waals surface area contributed by atoms with Gasteiger partial charge in [0.2, 0.25) is 11.8 Å². The van der Waals surface area contributed by atoms with Crippen molar-refractivity contribution in [3.05, 3.63) is 0 Å². The van der Waals surface area contributed by atoms with E-state index < -0.39 is 235 Å². The zero-order valence-corrected chi connectivity index (χ0v) is 39.4. The van der Waals surface area contributed by atoms with Crippen molar-refractivity contribution < 1.29 is 139 Å². The molecule has 7 heterocycles. The second-order valence-electron chi connectivity index (χ2n) is 18.8. The fraction of sp³-hybridized carbons (Fsp3) is 0.950. The number of hydrogen-bond donors (Lipinski definition) is 21. The van der Waals surface area contributed by atoms with E-state index in [1.807, 2.05) is 0 Å². The quantitative estimate of drug-likeness (QED) is 0.0677. The molecule has 7 saturated heterocycles. The smallest absolute Gasteiger partial charge is 0.230 e. The summed E-state index contributed by atoms with van der Waals surface area (Å²) in [5, 5.41) is 161. The van der Waals surface area contributed by atoms with Crippen LogP contribution in [-0.4, -0.2) is 322 Å². The minimum Gasteiger partial charge on any atom is -0.394 e. The summed E-state index contributed by atoms with van der Waals surface area (Å²) in [7, 11) is 0. The molecule has 7 fully saturated rings.